The molecule has 0 aromatic heterocycles. The maximum absolute atomic E-state index is 12.8. The van der Waals surface area contributed by atoms with E-state index >= 15 is 0 Å². The molecule has 1 aliphatic carbocycles. The largest absolute Gasteiger partial charge is 0.339 e. The third kappa shape index (κ3) is 5.10. The van der Waals surface area contributed by atoms with Gasteiger partial charge in [0.25, 0.3) is 0 Å². The van der Waals surface area contributed by atoms with Crippen LogP contribution in [0.1, 0.15) is 30.0 Å². The second-order valence-electron chi connectivity index (χ2n) is 7.85. The number of carbonyl (C=O) groups excluding carboxylic acids is 2. The van der Waals surface area contributed by atoms with Crippen LogP contribution in [0.4, 0.5) is 4.79 Å². The van der Waals surface area contributed by atoms with Gasteiger partial charge in [-0.05, 0) is 42.0 Å². The molecule has 1 saturated carbocycles. The van der Waals surface area contributed by atoms with E-state index in [2.05, 4.69) is 17.4 Å². The van der Waals surface area contributed by atoms with Crippen molar-refractivity contribution >= 4 is 23.5 Å². The Morgan fingerprint density at radius 3 is 2.17 bits per heavy atom. The average molecular weight is 412 g/mol. The SMILES string of the molecule is O=C(Cc1ccc(Cl)cc1)N1CCN(C(=O)NC(c2ccccc2)C2CC2)CC1. The van der Waals surface area contributed by atoms with Gasteiger partial charge < -0.3 is 15.1 Å². The van der Waals surface area contributed by atoms with Crippen molar-refractivity contribution in [3.05, 3.63) is 70.7 Å². The molecule has 2 aromatic rings. The van der Waals surface area contributed by atoms with Crippen molar-refractivity contribution in [1.29, 1.82) is 0 Å². The minimum absolute atomic E-state index is 0.0319. The summed E-state index contributed by atoms with van der Waals surface area (Å²) in [5.74, 6) is 0.621. The third-order valence-electron chi connectivity index (χ3n) is 5.72. The summed E-state index contributed by atoms with van der Waals surface area (Å²) in [5, 5.41) is 3.89. The van der Waals surface area contributed by atoms with Gasteiger partial charge in [0.05, 0.1) is 12.5 Å². The molecule has 5 nitrogen and oxygen atoms in total. The summed E-state index contributed by atoms with van der Waals surface area (Å²) in [6, 6.07) is 17.6. The number of amides is 3. The molecule has 1 aliphatic heterocycles. The zero-order chi connectivity index (χ0) is 20.2. The maximum Gasteiger partial charge on any atom is 0.318 e. The number of benzene rings is 2. The lowest BCUT2D eigenvalue weighted by Crippen LogP contribution is -2.54. The van der Waals surface area contributed by atoms with Gasteiger partial charge in [0, 0.05) is 31.2 Å². The van der Waals surface area contributed by atoms with E-state index < -0.39 is 0 Å². The number of piperazine rings is 1. The van der Waals surface area contributed by atoms with Crippen LogP contribution in [0.5, 0.6) is 0 Å². The highest BCUT2D eigenvalue weighted by Gasteiger charge is 2.34. The Morgan fingerprint density at radius 1 is 0.931 bits per heavy atom. The number of hydrogen-bond donors (Lipinski definition) is 1. The van der Waals surface area contributed by atoms with Gasteiger partial charge in [-0.1, -0.05) is 54.1 Å². The highest BCUT2D eigenvalue weighted by Crippen LogP contribution is 2.41. The van der Waals surface area contributed by atoms with Gasteiger partial charge in [0.1, 0.15) is 0 Å². The van der Waals surface area contributed by atoms with Crippen LogP contribution >= 0.6 is 11.6 Å². The minimum Gasteiger partial charge on any atom is -0.339 e. The van der Waals surface area contributed by atoms with Crippen molar-refractivity contribution in [3.8, 4) is 0 Å². The minimum atomic E-state index is -0.0319. The van der Waals surface area contributed by atoms with Crippen LogP contribution in [0.25, 0.3) is 0 Å². The quantitative estimate of drug-likeness (QED) is 0.811. The molecule has 2 aliphatic rings. The van der Waals surface area contributed by atoms with Crippen LogP contribution in [0.15, 0.2) is 54.6 Å². The van der Waals surface area contributed by atoms with Crippen LogP contribution in [-0.4, -0.2) is 47.9 Å². The average Bonchev–Trinajstić information content (AvgIpc) is 3.59. The first-order chi connectivity index (χ1) is 14.1. The zero-order valence-corrected chi connectivity index (χ0v) is 17.1. The number of urea groups is 1. The fraction of sp³-hybridized carbons (Fsp3) is 0.391. The van der Waals surface area contributed by atoms with E-state index in [1.54, 1.807) is 12.1 Å². The van der Waals surface area contributed by atoms with Gasteiger partial charge >= 0.3 is 6.03 Å². The Kier molecular flexibility index (Phi) is 6.05. The highest BCUT2D eigenvalue weighted by atomic mass is 35.5. The Bertz CT molecular complexity index is 844. The van der Waals surface area contributed by atoms with Crippen molar-refractivity contribution in [1.82, 2.24) is 15.1 Å². The molecular formula is C23H26ClN3O2. The van der Waals surface area contributed by atoms with Crippen molar-refractivity contribution < 1.29 is 9.59 Å². The molecule has 1 N–H and O–H groups in total. The third-order valence-corrected chi connectivity index (χ3v) is 5.97. The molecule has 3 amide bonds. The van der Waals surface area contributed by atoms with E-state index in [0.29, 0.717) is 43.5 Å². The van der Waals surface area contributed by atoms with E-state index in [4.69, 9.17) is 11.6 Å². The molecule has 2 fully saturated rings. The van der Waals surface area contributed by atoms with Crippen LogP contribution in [0.3, 0.4) is 0 Å². The first-order valence-electron chi connectivity index (χ1n) is 10.2. The van der Waals surface area contributed by atoms with E-state index in [9.17, 15) is 9.59 Å². The monoisotopic (exact) mass is 411 g/mol. The predicted molar refractivity (Wildman–Crippen MR) is 114 cm³/mol. The number of rotatable bonds is 5. The van der Waals surface area contributed by atoms with Gasteiger partial charge in [-0.2, -0.15) is 0 Å². The van der Waals surface area contributed by atoms with Crippen molar-refractivity contribution in [2.24, 2.45) is 5.92 Å². The number of nitrogens with zero attached hydrogens (tertiary/aromatic N) is 2. The first-order valence-corrected chi connectivity index (χ1v) is 10.6. The van der Waals surface area contributed by atoms with Crippen molar-refractivity contribution in [2.45, 2.75) is 25.3 Å². The molecular weight excluding hydrogens is 386 g/mol. The standard InChI is InChI=1S/C23H26ClN3O2/c24-20-10-6-17(7-11-20)16-21(28)26-12-14-27(15-13-26)23(29)25-22(19-8-9-19)18-4-2-1-3-5-18/h1-7,10-11,19,22H,8-9,12-16H2,(H,25,29). The summed E-state index contributed by atoms with van der Waals surface area (Å²) in [6.45, 7) is 2.26. The molecule has 0 radical (unpaired) electrons. The first kappa shape index (κ1) is 19.8. The van der Waals surface area contributed by atoms with Gasteiger partial charge in [-0.15, -0.1) is 0 Å². The van der Waals surface area contributed by atoms with Gasteiger partial charge in [0.2, 0.25) is 5.91 Å². The second kappa shape index (κ2) is 8.87. The zero-order valence-electron chi connectivity index (χ0n) is 16.4. The smallest absolute Gasteiger partial charge is 0.318 e. The van der Waals surface area contributed by atoms with Gasteiger partial charge in [-0.25, -0.2) is 4.79 Å². The molecule has 1 saturated heterocycles. The van der Waals surface area contributed by atoms with Crippen LogP contribution in [0, 0.1) is 5.92 Å². The Labute approximate surface area is 176 Å². The summed E-state index contributed by atoms with van der Waals surface area (Å²) in [4.78, 5) is 29.0. The Morgan fingerprint density at radius 2 is 1.55 bits per heavy atom. The van der Waals surface area contributed by atoms with Gasteiger partial charge in [-0.3, -0.25) is 4.79 Å². The number of carbonyl (C=O) groups is 2. The lowest BCUT2D eigenvalue weighted by atomic mass is 10.0. The highest BCUT2D eigenvalue weighted by molar-refractivity contribution is 6.30. The molecule has 0 bridgehead atoms. The van der Waals surface area contributed by atoms with E-state index in [0.717, 1.165) is 18.4 Å². The maximum atomic E-state index is 12.8. The Hall–Kier alpha value is -2.53. The Balaban J connectivity index is 1.29. The molecule has 2 aromatic carbocycles. The fourth-order valence-corrected chi connectivity index (χ4v) is 3.96. The molecule has 152 valence electrons. The number of halogens is 1. The number of nitrogens with one attached hydrogen (secondary N) is 1. The summed E-state index contributed by atoms with van der Waals surface area (Å²) in [7, 11) is 0. The normalized spacial score (nSPS) is 17.7. The molecule has 6 heteroatoms. The second-order valence-corrected chi connectivity index (χ2v) is 8.28. The molecule has 29 heavy (non-hydrogen) atoms. The summed E-state index contributed by atoms with van der Waals surface area (Å²) < 4.78 is 0. The molecule has 1 atom stereocenters. The van der Waals surface area contributed by atoms with Crippen molar-refractivity contribution in [2.75, 3.05) is 26.2 Å². The van der Waals surface area contributed by atoms with Crippen LogP contribution < -0.4 is 5.32 Å². The summed E-state index contributed by atoms with van der Waals surface area (Å²) in [5.41, 5.74) is 2.12. The van der Waals surface area contributed by atoms with Crippen molar-refractivity contribution in [3.63, 3.8) is 0 Å². The van der Waals surface area contributed by atoms with Crippen LogP contribution in [-0.2, 0) is 11.2 Å². The lowest BCUT2D eigenvalue weighted by molar-refractivity contribution is -0.131. The molecule has 0 spiro atoms. The number of hydrogen-bond acceptors (Lipinski definition) is 2. The fourth-order valence-electron chi connectivity index (χ4n) is 3.84. The van der Waals surface area contributed by atoms with E-state index in [1.807, 2.05) is 40.1 Å². The van der Waals surface area contributed by atoms with Gasteiger partial charge in [0.15, 0.2) is 0 Å². The molecule has 4 rings (SSSR count). The van der Waals surface area contributed by atoms with E-state index in [1.165, 1.54) is 5.56 Å². The topological polar surface area (TPSA) is 52.7 Å². The summed E-state index contributed by atoms with van der Waals surface area (Å²) in [6.07, 6.45) is 2.68. The summed E-state index contributed by atoms with van der Waals surface area (Å²) >= 11 is 5.90. The predicted octanol–water partition coefficient (Wildman–Crippen LogP) is 3.89. The van der Waals surface area contributed by atoms with E-state index in [-0.39, 0.29) is 18.0 Å². The lowest BCUT2D eigenvalue weighted by Gasteiger charge is -2.35. The molecule has 1 unspecified atom stereocenters. The molecule has 1 heterocycles. The van der Waals surface area contributed by atoms with Crippen LogP contribution in [0.2, 0.25) is 5.02 Å².